The van der Waals surface area contributed by atoms with Crippen molar-refractivity contribution in [1.82, 2.24) is 9.47 Å². The fourth-order valence-electron chi connectivity index (χ4n) is 3.55. The minimum atomic E-state index is -4.04. The van der Waals surface area contributed by atoms with Crippen LogP contribution >= 0.6 is 11.3 Å². The molecule has 12 heteroatoms. The van der Waals surface area contributed by atoms with E-state index in [4.69, 9.17) is 0 Å². The van der Waals surface area contributed by atoms with Gasteiger partial charge in [0.05, 0.1) is 17.3 Å². The van der Waals surface area contributed by atoms with Crippen LogP contribution in [0.15, 0.2) is 23.2 Å². The zero-order valence-electron chi connectivity index (χ0n) is 17.7. The number of piperidine rings is 1. The molecule has 0 radical (unpaired) electrons. The molecule has 0 spiro atoms. The monoisotopic (exact) mass is 485 g/mol. The molecule has 0 N–H and O–H groups in total. The van der Waals surface area contributed by atoms with Crippen molar-refractivity contribution in [2.45, 2.75) is 26.3 Å². The highest BCUT2D eigenvalue weighted by Gasteiger charge is 2.27. The van der Waals surface area contributed by atoms with E-state index in [9.17, 15) is 27.2 Å². The first-order valence-corrected chi connectivity index (χ1v) is 12.6. The highest BCUT2D eigenvalue weighted by Crippen LogP contribution is 2.19. The van der Waals surface area contributed by atoms with E-state index in [0.29, 0.717) is 29.2 Å². The van der Waals surface area contributed by atoms with Crippen molar-refractivity contribution in [2.24, 2.45) is 10.9 Å². The number of hydrogen-bond acceptors (Lipinski definition) is 7. The number of likely N-dealkylation sites (tertiary alicyclic amines) is 1. The summed E-state index contributed by atoms with van der Waals surface area (Å²) in [5.41, 5.74) is 0.450. The van der Waals surface area contributed by atoms with Crippen molar-refractivity contribution >= 4 is 49.2 Å². The Balaban J connectivity index is 1.81. The second-order valence-electron chi connectivity index (χ2n) is 7.78. The number of methoxy groups -OCH3 is 1. The van der Waals surface area contributed by atoms with Gasteiger partial charge < -0.3 is 14.2 Å². The van der Waals surface area contributed by atoms with Gasteiger partial charge in [-0.15, -0.1) is 0 Å². The summed E-state index contributed by atoms with van der Waals surface area (Å²) >= 11 is 0.939. The average Bonchev–Trinajstić information content (AvgIpc) is 3.02. The molecule has 1 aliphatic rings. The summed E-state index contributed by atoms with van der Waals surface area (Å²) in [6.45, 7) is 2.71. The van der Waals surface area contributed by atoms with Crippen molar-refractivity contribution in [3.63, 3.8) is 0 Å². The molecule has 1 aromatic heterocycles. The van der Waals surface area contributed by atoms with Crippen molar-refractivity contribution in [3.05, 3.63) is 28.8 Å². The first-order valence-electron chi connectivity index (χ1n) is 9.99. The largest absolute Gasteiger partial charge is 0.468 e. The maximum absolute atomic E-state index is 13.6. The highest BCUT2D eigenvalue weighted by atomic mass is 32.2. The Bertz CT molecular complexity index is 1220. The summed E-state index contributed by atoms with van der Waals surface area (Å²) in [6, 6.07) is 3.86. The molecule has 2 amide bonds. The molecule has 2 heterocycles. The van der Waals surface area contributed by atoms with Gasteiger partial charge in [0.25, 0.3) is 5.91 Å². The molecular formula is C20H24FN3O6S2. The van der Waals surface area contributed by atoms with E-state index in [1.807, 2.05) is 6.92 Å². The van der Waals surface area contributed by atoms with Crippen LogP contribution in [0.25, 0.3) is 10.2 Å². The Morgan fingerprint density at radius 1 is 1.28 bits per heavy atom. The van der Waals surface area contributed by atoms with Crippen molar-refractivity contribution < 1.29 is 31.9 Å². The number of carbonyl (C=O) groups excluding carboxylic acids is 3. The number of aromatic nitrogens is 1. The van der Waals surface area contributed by atoms with Gasteiger partial charge in [-0.1, -0.05) is 18.3 Å². The standard InChI is InChI=1S/C20H24FN3O6S2/c1-13-4-3-7-23(9-13)18(26)12-32(28,29)11-17(25)22-20-24(10-19(27)30-2)15-6-5-14(21)8-16(15)31-20/h5-6,8,13H,3-4,7,9-12H2,1-2H3. The van der Waals surface area contributed by atoms with Gasteiger partial charge in [-0.05, 0) is 37.0 Å². The van der Waals surface area contributed by atoms with Crippen LogP contribution in [0.4, 0.5) is 4.39 Å². The normalized spacial score (nSPS) is 17.5. The van der Waals surface area contributed by atoms with Crippen LogP contribution in [0.2, 0.25) is 0 Å². The number of halogens is 1. The molecule has 1 atom stereocenters. The number of fused-ring (bicyclic) bond motifs is 1. The molecule has 0 saturated carbocycles. The fourth-order valence-corrected chi connectivity index (χ4v) is 5.73. The Kier molecular flexibility index (Phi) is 7.44. The van der Waals surface area contributed by atoms with E-state index < -0.39 is 44.9 Å². The molecule has 3 rings (SSSR count). The zero-order valence-corrected chi connectivity index (χ0v) is 19.4. The molecule has 2 aromatic rings. The molecule has 9 nitrogen and oxygen atoms in total. The van der Waals surface area contributed by atoms with Gasteiger partial charge in [0.15, 0.2) is 14.6 Å². The van der Waals surface area contributed by atoms with Gasteiger partial charge in [-0.25, -0.2) is 12.8 Å². The van der Waals surface area contributed by atoms with Gasteiger partial charge in [0, 0.05) is 13.1 Å². The van der Waals surface area contributed by atoms with Crippen LogP contribution in [0.3, 0.4) is 0 Å². The number of carbonyl (C=O) groups is 3. The minimum Gasteiger partial charge on any atom is -0.468 e. The average molecular weight is 486 g/mol. The Labute approximate surface area is 188 Å². The number of rotatable bonds is 6. The summed E-state index contributed by atoms with van der Waals surface area (Å²) in [4.78, 5) is 42.0. The van der Waals surface area contributed by atoms with E-state index in [1.54, 1.807) is 0 Å². The third-order valence-corrected chi connectivity index (χ3v) is 7.49. The van der Waals surface area contributed by atoms with Gasteiger partial charge >= 0.3 is 5.97 Å². The number of hydrogen-bond donors (Lipinski definition) is 0. The molecule has 1 aliphatic heterocycles. The van der Waals surface area contributed by atoms with E-state index in [1.165, 1.54) is 34.8 Å². The third-order valence-electron chi connectivity index (χ3n) is 5.08. The lowest BCUT2D eigenvalue weighted by atomic mass is 10.0. The van der Waals surface area contributed by atoms with Crippen LogP contribution in [0.1, 0.15) is 19.8 Å². The molecule has 1 saturated heterocycles. The first-order chi connectivity index (χ1) is 15.1. The molecule has 174 valence electrons. The molecule has 0 aliphatic carbocycles. The summed E-state index contributed by atoms with van der Waals surface area (Å²) < 4.78 is 44.9. The van der Waals surface area contributed by atoms with Crippen LogP contribution < -0.4 is 4.80 Å². The predicted octanol–water partition coefficient (Wildman–Crippen LogP) is 1.12. The summed E-state index contributed by atoms with van der Waals surface area (Å²) in [5.74, 6) is -4.02. The predicted molar refractivity (Wildman–Crippen MR) is 116 cm³/mol. The minimum absolute atomic E-state index is 0.0346. The first kappa shape index (κ1) is 24.1. The third kappa shape index (κ3) is 6.00. The second kappa shape index (κ2) is 9.90. The molecule has 1 fully saturated rings. The molecule has 32 heavy (non-hydrogen) atoms. The van der Waals surface area contributed by atoms with Gasteiger partial charge in [-0.3, -0.25) is 14.4 Å². The SMILES string of the molecule is COC(=O)Cn1c(=NC(=O)CS(=O)(=O)CC(=O)N2CCCC(C)C2)sc2cc(F)ccc21. The lowest BCUT2D eigenvalue weighted by Gasteiger charge is -2.30. The summed E-state index contributed by atoms with van der Waals surface area (Å²) in [5, 5.41) is 0. The lowest BCUT2D eigenvalue weighted by Crippen LogP contribution is -2.42. The van der Waals surface area contributed by atoms with Gasteiger partial charge in [0.1, 0.15) is 23.9 Å². The topological polar surface area (TPSA) is 115 Å². The number of ether oxygens (including phenoxy) is 1. The second-order valence-corrected chi connectivity index (χ2v) is 10.9. The quantitative estimate of drug-likeness (QED) is 0.567. The van der Waals surface area contributed by atoms with E-state index in [2.05, 4.69) is 9.73 Å². The zero-order chi connectivity index (χ0) is 23.5. The van der Waals surface area contributed by atoms with Crippen LogP contribution in [0.5, 0.6) is 0 Å². The van der Waals surface area contributed by atoms with E-state index >= 15 is 0 Å². The highest BCUT2D eigenvalue weighted by molar-refractivity contribution is 7.92. The molecular weight excluding hydrogens is 461 g/mol. The molecule has 0 bridgehead atoms. The van der Waals surface area contributed by atoms with Crippen LogP contribution in [-0.4, -0.2) is 67.4 Å². The summed E-state index contributed by atoms with van der Waals surface area (Å²) in [7, 11) is -2.83. The van der Waals surface area contributed by atoms with Gasteiger partial charge in [0.2, 0.25) is 5.91 Å². The molecule has 1 unspecified atom stereocenters. The van der Waals surface area contributed by atoms with E-state index in [-0.39, 0.29) is 11.3 Å². The Morgan fingerprint density at radius 2 is 2.03 bits per heavy atom. The van der Waals surface area contributed by atoms with Crippen molar-refractivity contribution in [3.8, 4) is 0 Å². The smallest absolute Gasteiger partial charge is 0.325 e. The maximum atomic E-state index is 13.6. The van der Waals surface area contributed by atoms with E-state index in [0.717, 1.165) is 24.2 Å². The number of thiazole rings is 1. The maximum Gasteiger partial charge on any atom is 0.325 e. The van der Waals surface area contributed by atoms with Crippen LogP contribution in [-0.2, 0) is 35.5 Å². The van der Waals surface area contributed by atoms with Crippen molar-refractivity contribution in [1.29, 1.82) is 0 Å². The molecule has 1 aromatic carbocycles. The van der Waals surface area contributed by atoms with Gasteiger partial charge in [-0.2, -0.15) is 4.99 Å². The number of esters is 1. The fraction of sp³-hybridized carbons (Fsp3) is 0.500. The number of amides is 2. The number of sulfone groups is 1. The van der Waals surface area contributed by atoms with Crippen LogP contribution in [0, 0.1) is 11.7 Å². The number of nitrogens with zero attached hydrogens (tertiary/aromatic N) is 3. The Hall–Kier alpha value is -2.60. The lowest BCUT2D eigenvalue weighted by molar-refractivity contribution is -0.141. The Morgan fingerprint density at radius 3 is 2.72 bits per heavy atom. The summed E-state index contributed by atoms with van der Waals surface area (Å²) in [6.07, 6.45) is 1.80. The number of benzene rings is 1. The van der Waals surface area contributed by atoms with Crippen molar-refractivity contribution in [2.75, 3.05) is 31.7 Å².